The Morgan fingerprint density at radius 3 is 2.78 bits per heavy atom. The molecule has 1 aliphatic heterocycles. The summed E-state index contributed by atoms with van der Waals surface area (Å²) in [6.07, 6.45) is 3.24. The van der Waals surface area contributed by atoms with Crippen molar-refractivity contribution in [1.82, 2.24) is 19.8 Å². The lowest BCUT2D eigenvalue weighted by molar-refractivity contribution is -0.130. The summed E-state index contributed by atoms with van der Waals surface area (Å²) in [4.78, 5) is 37.8. The second-order valence-electron chi connectivity index (χ2n) is 6.33. The van der Waals surface area contributed by atoms with Crippen LogP contribution in [0.3, 0.4) is 0 Å². The fourth-order valence-electron chi connectivity index (χ4n) is 3.55. The molecule has 1 aliphatic carbocycles. The van der Waals surface area contributed by atoms with Gasteiger partial charge in [-0.3, -0.25) is 14.5 Å². The summed E-state index contributed by atoms with van der Waals surface area (Å²) >= 11 is 1.68. The van der Waals surface area contributed by atoms with E-state index in [0.717, 1.165) is 61.5 Å². The number of hydrogen-bond acceptors (Lipinski definition) is 5. The zero-order valence-corrected chi connectivity index (χ0v) is 14.0. The molecule has 7 heteroatoms. The van der Waals surface area contributed by atoms with Crippen molar-refractivity contribution < 1.29 is 4.79 Å². The zero-order chi connectivity index (χ0) is 16.0. The predicted molar refractivity (Wildman–Crippen MR) is 89.8 cm³/mol. The Balaban J connectivity index is 1.54. The minimum Gasteiger partial charge on any atom is -0.340 e. The first-order valence-electron chi connectivity index (χ1n) is 8.13. The summed E-state index contributed by atoms with van der Waals surface area (Å²) < 4.78 is 0. The Morgan fingerprint density at radius 1 is 1.26 bits per heavy atom. The van der Waals surface area contributed by atoms with Crippen LogP contribution in [0.25, 0.3) is 10.2 Å². The van der Waals surface area contributed by atoms with Gasteiger partial charge in [-0.15, -0.1) is 11.3 Å². The monoisotopic (exact) mass is 332 g/mol. The SMILES string of the molecule is CC(=O)N1CCN(Cc2nc3sc4c(c3c(=O)[nH]2)CCC4)CC1. The van der Waals surface area contributed by atoms with Gasteiger partial charge in [0, 0.05) is 38.0 Å². The molecule has 1 saturated heterocycles. The molecule has 0 spiro atoms. The lowest BCUT2D eigenvalue weighted by atomic mass is 10.2. The molecule has 1 N–H and O–H groups in total. The largest absolute Gasteiger partial charge is 0.340 e. The van der Waals surface area contributed by atoms with E-state index in [-0.39, 0.29) is 11.5 Å². The number of amides is 1. The van der Waals surface area contributed by atoms with Crippen molar-refractivity contribution in [1.29, 1.82) is 0 Å². The molecule has 3 heterocycles. The van der Waals surface area contributed by atoms with Crippen molar-refractivity contribution in [2.24, 2.45) is 0 Å². The van der Waals surface area contributed by atoms with E-state index >= 15 is 0 Å². The smallest absolute Gasteiger partial charge is 0.259 e. The van der Waals surface area contributed by atoms with Crippen LogP contribution in [0.2, 0.25) is 0 Å². The quantitative estimate of drug-likeness (QED) is 0.895. The second-order valence-corrected chi connectivity index (χ2v) is 7.42. The number of piperazine rings is 1. The second kappa shape index (κ2) is 5.72. The number of aromatic amines is 1. The fraction of sp³-hybridized carbons (Fsp3) is 0.562. The van der Waals surface area contributed by atoms with E-state index in [2.05, 4.69) is 14.9 Å². The topological polar surface area (TPSA) is 69.3 Å². The Hall–Kier alpha value is -1.73. The summed E-state index contributed by atoms with van der Waals surface area (Å²) in [5.74, 6) is 0.865. The first-order chi connectivity index (χ1) is 11.1. The molecule has 0 aromatic carbocycles. The van der Waals surface area contributed by atoms with Crippen LogP contribution in [-0.2, 0) is 24.2 Å². The van der Waals surface area contributed by atoms with Gasteiger partial charge in [0.1, 0.15) is 10.7 Å². The lowest BCUT2D eigenvalue weighted by Gasteiger charge is -2.33. The van der Waals surface area contributed by atoms with Gasteiger partial charge >= 0.3 is 0 Å². The molecule has 122 valence electrons. The van der Waals surface area contributed by atoms with E-state index in [9.17, 15) is 9.59 Å². The molecule has 4 rings (SSSR count). The molecule has 1 amide bonds. The number of thiophene rings is 1. The molecular weight excluding hydrogens is 312 g/mol. The average Bonchev–Trinajstić information content (AvgIpc) is 3.07. The molecular formula is C16H20N4O2S. The third-order valence-electron chi connectivity index (χ3n) is 4.82. The number of carbonyl (C=O) groups is 1. The maximum atomic E-state index is 12.4. The molecule has 6 nitrogen and oxygen atoms in total. The van der Waals surface area contributed by atoms with Crippen molar-refractivity contribution >= 4 is 27.5 Å². The highest BCUT2D eigenvalue weighted by molar-refractivity contribution is 7.18. The average molecular weight is 332 g/mol. The zero-order valence-electron chi connectivity index (χ0n) is 13.2. The number of rotatable bonds is 2. The van der Waals surface area contributed by atoms with Crippen molar-refractivity contribution in [3.05, 3.63) is 26.6 Å². The van der Waals surface area contributed by atoms with Crippen molar-refractivity contribution in [2.45, 2.75) is 32.7 Å². The van der Waals surface area contributed by atoms with E-state index in [0.29, 0.717) is 6.54 Å². The first kappa shape index (κ1) is 14.8. The van der Waals surface area contributed by atoms with Gasteiger partial charge in [0.15, 0.2) is 0 Å². The maximum Gasteiger partial charge on any atom is 0.259 e. The highest BCUT2D eigenvalue weighted by Gasteiger charge is 2.23. The number of aryl methyl sites for hydroxylation is 2. The third kappa shape index (κ3) is 2.68. The van der Waals surface area contributed by atoms with Crippen molar-refractivity contribution in [3.8, 4) is 0 Å². The Morgan fingerprint density at radius 2 is 2.04 bits per heavy atom. The molecule has 2 aromatic rings. The van der Waals surface area contributed by atoms with Gasteiger partial charge in [0.2, 0.25) is 5.91 Å². The molecule has 0 bridgehead atoms. The summed E-state index contributed by atoms with van der Waals surface area (Å²) in [7, 11) is 0. The van der Waals surface area contributed by atoms with E-state index in [1.807, 2.05) is 4.90 Å². The van der Waals surface area contributed by atoms with Crippen LogP contribution in [0.1, 0.15) is 29.6 Å². The number of fused-ring (bicyclic) bond motifs is 3. The summed E-state index contributed by atoms with van der Waals surface area (Å²) in [6, 6.07) is 0. The van der Waals surface area contributed by atoms with Gasteiger partial charge in [-0.05, 0) is 24.8 Å². The molecule has 23 heavy (non-hydrogen) atoms. The molecule has 0 radical (unpaired) electrons. The first-order valence-corrected chi connectivity index (χ1v) is 8.95. The van der Waals surface area contributed by atoms with Gasteiger partial charge in [-0.1, -0.05) is 0 Å². The van der Waals surface area contributed by atoms with Crippen LogP contribution in [0.15, 0.2) is 4.79 Å². The number of nitrogens with one attached hydrogen (secondary N) is 1. The standard InChI is InChI=1S/C16H20N4O2S/c1-10(21)20-7-5-19(6-8-20)9-13-17-15(22)14-11-3-2-4-12(11)23-16(14)18-13/h2-9H2,1H3,(H,17,18,22). The molecule has 0 atom stereocenters. The highest BCUT2D eigenvalue weighted by atomic mass is 32.1. The van der Waals surface area contributed by atoms with E-state index in [1.54, 1.807) is 18.3 Å². The molecule has 2 aromatic heterocycles. The molecule has 0 saturated carbocycles. The Labute approximate surface area is 138 Å². The predicted octanol–water partition coefficient (Wildman–Crippen LogP) is 1.14. The number of H-pyrrole nitrogens is 1. The van der Waals surface area contributed by atoms with E-state index in [1.165, 1.54) is 10.4 Å². The van der Waals surface area contributed by atoms with Crippen molar-refractivity contribution in [3.63, 3.8) is 0 Å². The number of carbonyl (C=O) groups excluding carboxylic acids is 1. The fourth-order valence-corrected chi connectivity index (χ4v) is 4.84. The van der Waals surface area contributed by atoms with Gasteiger partial charge in [-0.25, -0.2) is 4.98 Å². The van der Waals surface area contributed by atoms with E-state index < -0.39 is 0 Å². The lowest BCUT2D eigenvalue weighted by Crippen LogP contribution is -2.47. The van der Waals surface area contributed by atoms with Crippen LogP contribution in [-0.4, -0.2) is 51.9 Å². The van der Waals surface area contributed by atoms with Crippen LogP contribution in [0, 0.1) is 0 Å². The number of nitrogens with zero attached hydrogens (tertiary/aromatic N) is 3. The van der Waals surface area contributed by atoms with Crippen LogP contribution >= 0.6 is 11.3 Å². The minimum atomic E-state index is 0.00627. The van der Waals surface area contributed by atoms with Gasteiger partial charge in [0.25, 0.3) is 5.56 Å². The van der Waals surface area contributed by atoms with Gasteiger partial charge in [0.05, 0.1) is 11.9 Å². The van der Waals surface area contributed by atoms with Crippen LogP contribution in [0.5, 0.6) is 0 Å². The highest BCUT2D eigenvalue weighted by Crippen LogP contribution is 2.34. The number of aromatic nitrogens is 2. The van der Waals surface area contributed by atoms with Gasteiger partial charge < -0.3 is 9.88 Å². The maximum absolute atomic E-state index is 12.4. The molecule has 2 aliphatic rings. The summed E-state index contributed by atoms with van der Waals surface area (Å²) in [5, 5.41) is 0.813. The molecule has 1 fully saturated rings. The minimum absolute atomic E-state index is 0.00627. The van der Waals surface area contributed by atoms with Gasteiger partial charge in [-0.2, -0.15) is 0 Å². The van der Waals surface area contributed by atoms with Crippen molar-refractivity contribution in [2.75, 3.05) is 26.2 Å². The normalized spacial score (nSPS) is 18.6. The summed E-state index contributed by atoms with van der Waals surface area (Å²) in [6.45, 7) is 5.38. The molecule has 0 unspecified atom stereocenters. The number of hydrogen-bond donors (Lipinski definition) is 1. The third-order valence-corrected chi connectivity index (χ3v) is 6.00. The summed E-state index contributed by atoms with van der Waals surface area (Å²) in [5.41, 5.74) is 1.23. The Bertz CT molecular complexity index is 817. The van der Waals surface area contributed by atoms with E-state index in [4.69, 9.17) is 0 Å². The Kier molecular flexibility index (Phi) is 3.69. The van der Waals surface area contributed by atoms with Crippen LogP contribution < -0.4 is 5.56 Å². The van der Waals surface area contributed by atoms with Crippen LogP contribution in [0.4, 0.5) is 0 Å².